The predicted octanol–water partition coefficient (Wildman–Crippen LogP) is 0.568. The second kappa shape index (κ2) is 3.64. The van der Waals surface area contributed by atoms with E-state index < -0.39 is 6.17 Å². The van der Waals surface area contributed by atoms with Gasteiger partial charge in [-0.2, -0.15) is 0 Å². The van der Waals surface area contributed by atoms with Crippen LogP contribution < -0.4 is 0 Å². The third-order valence-electron chi connectivity index (χ3n) is 2.57. The minimum atomic E-state index is -0.921. The molecule has 0 aromatic heterocycles. The zero-order chi connectivity index (χ0) is 9.26. The van der Waals surface area contributed by atoms with Gasteiger partial charge in [0.05, 0.1) is 25.8 Å². The molecule has 2 rings (SSSR count). The average molecular weight is 187 g/mol. The van der Waals surface area contributed by atoms with Crippen LogP contribution in [-0.4, -0.2) is 50.1 Å². The van der Waals surface area contributed by atoms with Crippen LogP contribution in [0.15, 0.2) is 12.3 Å². The van der Waals surface area contributed by atoms with Gasteiger partial charge in [0.15, 0.2) is 0 Å². The fourth-order valence-corrected chi connectivity index (χ4v) is 1.59. The molecule has 0 bridgehead atoms. The SMILES string of the molecule is CO[C@H]1C=CN(C2COC2)C[C@H]1F. The van der Waals surface area contributed by atoms with Gasteiger partial charge < -0.3 is 14.4 Å². The standard InChI is InChI=1S/C9H14FNO2/c1-12-9-2-3-11(4-8(9)10)7-5-13-6-7/h2-3,7-9H,4-6H2,1H3/t8-,9+/m1/s1. The number of hydrogen-bond donors (Lipinski definition) is 0. The van der Waals surface area contributed by atoms with Crippen LogP contribution in [0.4, 0.5) is 4.39 Å². The van der Waals surface area contributed by atoms with E-state index in [4.69, 9.17) is 9.47 Å². The van der Waals surface area contributed by atoms with Gasteiger partial charge in [0, 0.05) is 7.11 Å². The molecule has 3 nitrogen and oxygen atoms in total. The van der Waals surface area contributed by atoms with Crippen molar-refractivity contribution in [2.45, 2.75) is 18.3 Å². The van der Waals surface area contributed by atoms with Crippen LogP contribution in [0.1, 0.15) is 0 Å². The largest absolute Gasteiger partial charge is 0.377 e. The Morgan fingerprint density at radius 1 is 1.54 bits per heavy atom. The molecule has 0 aromatic carbocycles. The molecule has 13 heavy (non-hydrogen) atoms. The Balaban J connectivity index is 1.94. The summed E-state index contributed by atoms with van der Waals surface area (Å²) in [6.45, 7) is 1.85. The van der Waals surface area contributed by atoms with E-state index in [0.29, 0.717) is 25.8 Å². The quantitative estimate of drug-likeness (QED) is 0.630. The van der Waals surface area contributed by atoms with Crippen LogP contribution in [0, 0.1) is 0 Å². The van der Waals surface area contributed by atoms with E-state index in [1.807, 2.05) is 11.1 Å². The van der Waals surface area contributed by atoms with Gasteiger partial charge in [-0.15, -0.1) is 0 Å². The Hall–Kier alpha value is -0.610. The molecule has 74 valence electrons. The molecule has 0 aromatic rings. The normalized spacial score (nSPS) is 34.8. The summed E-state index contributed by atoms with van der Waals surface area (Å²) in [7, 11) is 1.53. The first kappa shape index (κ1) is 8.97. The van der Waals surface area contributed by atoms with Gasteiger partial charge in [0.1, 0.15) is 12.3 Å². The van der Waals surface area contributed by atoms with Gasteiger partial charge >= 0.3 is 0 Å². The zero-order valence-electron chi connectivity index (χ0n) is 7.65. The fourth-order valence-electron chi connectivity index (χ4n) is 1.59. The summed E-state index contributed by atoms with van der Waals surface area (Å²) in [4.78, 5) is 1.99. The van der Waals surface area contributed by atoms with Crippen LogP contribution in [0.25, 0.3) is 0 Å². The number of ether oxygens (including phenoxy) is 2. The van der Waals surface area contributed by atoms with Crippen molar-refractivity contribution in [1.29, 1.82) is 0 Å². The molecule has 0 spiro atoms. The van der Waals surface area contributed by atoms with E-state index in [2.05, 4.69) is 0 Å². The summed E-state index contributed by atoms with van der Waals surface area (Å²) in [6, 6.07) is 0.368. The maximum Gasteiger partial charge on any atom is 0.147 e. The molecule has 0 N–H and O–H groups in total. The van der Waals surface area contributed by atoms with E-state index in [0.717, 1.165) is 0 Å². The van der Waals surface area contributed by atoms with Crippen molar-refractivity contribution < 1.29 is 13.9 Å². The van der Waals surface area contributed by atoms with E-state index in [1.54, 1.807) is 6.08 Å². The summed E-state index contributed by atoms with van der Waals surface area (Å²) in [6.07, 6.45) is 2.39. The Bertz CT molecular complexity index is 206. The molecule has 2 heterocycles. The molecule has 4 heteroatoms. The van der Waals surface area contributed by atoms with Crippen LogP contribution in [0.5, 0.6) is 0 Å². The first-order valence-corrected chi connectivity index (χ1v) is 4.50. The third kappa shape index (κ3) is 1.69. The number of alkyl halides is 1. The van der Waals surface area contributed by atoms with Gasteiger partial charge in [0.2, 0.25) is 0 Å². The number of nitrogens with zero attached hydrogens (tertiary/aromatic N) is 1. The minimum absolute atomic E-state index is 0.368. The highest BCUT2D eigenvalue weighted by atomic mass is 19.1. The lowest BCUT2D eigenvalue weighted by Gasteiger charge is -2.40. The molecule has 0 amide bonds. The van der Waals surface area contributed by atoms with Crippen LogP contribution >= 0.6 is 0 Å². The molecule has 0 unspecified atom stereocenters. The topological polar surface area (TPSA) is 21.7 Å². The summed E-state index contributed by atoms with van der Waals surface area (Å²) >= 11 is 0. The number of rotatable bonds is 2. The Morgan fingerprint density at radius 2 is 2.31 bits per heavy atom. The monoisotopic (exact) mass is 187 g/mol. The lowest BCUT2D eigenvalue weighted by molar-refractivity contribution is -0.0651. The highest BCUT2D eigenvalue weighted by Gasteiger charge is 2.31. The summed E-state index contributed by atoms with van der Waals surface area (Å²) in [5, 5.41) is 0. The Labute approximate surface area is 77.1 Å². The zero-order valence-corrected chi connectivity index (χ0v) is 7.65. The number of methoxy groups -OCH3 is 1. The third-order valence-corrected chi connectivity index (χ3v) is 2.57. The summed E-state index contributed by atoms with van der Waals surface area (Å²) in [5.74, 6) is 0. The van der Waals surface area contributed by atoms with E-state index in [-0.39, 0.29) is 6.10 Å². The molecule has 2 aliphatic rings. The van der Waals surface area contributed by atoms with Gasteiger partial charge in [-0.25, -0.2) is 4.39 Å². The van der Waals surface area contributed by atoms with Crippen molar-refractivity contribution in [3.63, 3.8) is 0 Å². The lowest BCUT2D eigenvalue weighted by Crippen LogP contribution is -2.51. The fraction of sp³-hybridized carbons (Fsp3) is 0.778. The number of halogens is 1. The van der Waals surface area contributed by atoms with Crippen molar-refractivity contribution >= 4 is 0 Å². The average Bonchev–Trinajstić information content (AvgIpc) is 2.01. The van der Waals surface area contributed by atoms with Gasteiger partial charge in [-0.3, -0.25) is 0 Å². The summed E-state index contributed by atoms with van der Waals surface area (Å²) < 4.78 is 23.4. The maximum absolute atomic E-state index is 13.4. The van der Waals surface area contributed by atoms with Crippen molar-refractivity contribution in [2.24, 2.45) is 0 Å². The maximum atomic E-state index is 13.4. The molecule has 0 saturated carbocycles. The number of hydrogen-bond acceptors (Lipinski definition) is 3. The van der Waals surface area contributed by atoms with Crippen molar-refractivity contribution in [2.75, 3.05) is 26.9 Å². The summed E-state index contributed by atoms with van der Waals surface area (Å²) in [5.41, 5.74) is 0. The molecular weight excluding hydrogens is 173 g/mol. The van der Waals surface area contributed by atoms with Crippen molar-refractivity contribution in [3.8, 4) is 0 Å². The van der Waals surface area contributed by atoms with Crippen LogP contribution in [0.3, 0.4) is 0 Å². The first-order chi connectivity index (χ1) is 6.31. The molecule has 1 fully saturated rings. The second-order valence-corrected chi connectivity index (χ2v) is 3.45. The molecule has 0 radical (unpaired) electrons. The van der Waals surface area contributed by atoms with Crippen molar-refractivity contribution in [3.05, 3.63) is 12.3 Å². The predicted molar refractivity (Wildman–Crippen MR) is 46.1 cm³/mol. The van der Waals surface area contributed by atoms with E-state index >= 15 is 0 Å². The van der Waals surface area contributed by atoms with Gasteiger partial charge in [0.25, 0.3) is 0 Å². The van der Waals surface area contributed by atoms with Crippen molar-refractivity contribution in [1.82, 2.24) is 4.90 Å². The lowest BCUT2D eigenvalue weighted by atomic mass is 10.1. The Morgan fingerprint density at radius 3 is 2.77 bits per heavy atom. The smallest absolute Gasteiger partial charge is 0.147 e. The first-order valence-electron chi connectivity index (χ1n) is 4.50. The highest BCUT2D eigenvalue weighted by Crippen LogP contribution is 2.19. The molecule has 2 atom stereocenters. The molecule has 0 aliphatic carbocycles. The van der Waals surface area contributed by atoms with Crippen LogP contribution in [-0.2, 0) is 9.47 Å². The highest BCUT2D eigenvalue weighted by molar-refractivity contribution is 5.02. The Kier molecular flexibility index (Phi) is 2.51. The second-order valence-electron chi connectivity index (χ2n) is 3.45. The minimum Gasteiger partial charge on any atom is -0.377 e. The van der Waals surface area contributed by atoms with Crippen LogP contribution in [0.2, 0.25) is 0 Å². The molecule has 1 saturated heterocycles. The van der Waals surface area contributed by atoms with Gasteiger partial charge in [-0.1, -0.05) is 0 Å². The van der Waals surface area contributed by atoms with E-state index in [1.165, 1.54) is 7.11 Å². The molecule has 2 aliphatic heterocycles. The molecular formula is C9H14FNO2. The van der Waals surface area contributed by atoms with E-state index in [9.17, 15) is 4.39 Å². The van der Waals surface area contributed by atoms with Gasteiger partial charge in [-0.05, 0) is 12.3 Å².